The van der Waals surface area contributed by atoms with E-state index in [0.29, 0.717) is 12.1 Å². The summed E-state index contributed by atoms with van der Waals surface area (Å²) in [6, 6.07) is 7.04. The fraction of sp³-hybridized carbons (Fsp3) is 0.625. The van der Waals surface area contributed by atoms with Crippen LogP contribution in [0.2, 0.25) is 0 Å². The van der Waals surface area contributed by atoms with Crippen molar-refractivity contribution in [3.05, 3.63) is 29.3 Å². The zero-order valence-corrected chi connectivity index (χ0v) is 11.7. The highest BCUT2D eigenvalue weighted by Crippen LogP contribution is 2.30. The van der Waals surface area contributed by atoms with Crippen LogP contribution in [0.25, 0.3) is 0 Å². The molecule has 1 fully saturated rings. The van der Waals surface area contributed by atoms with Gasteiger partial charge >= 0.3 is 0 Å². The van der Waals surface area contributed by atoms with Crippen LogP contribution in [0.4, 0.5) is 0 Å². The van der Waals surface area contributed by atoms with Gasteiger partial charge in [-0.15, -0.1) is 0 Å². The Morgan fingerprint density at radius 1 is 1.37 bits per heavy atom. The molecule has 3 nitrogen and oxygen atoms in total. The predicted octanol–water partition coefficient (Wildman–Crippen LogP) is 2.84. The molecule has 2 aliphatic rings. The minimum absolute atomic E-state index is 0.426. The molecule has 1 aromatic rings. The second kappa shape index (κ2) is 5.93. The van der Waals surface area contributed by atoms with E-state index < -0.39 is 0 Å². The zero-order valence-electron chi connectivity index (χ0n) is 11.7. The van der Waals surface area contributed by atoms with E-state index in [9.17, 15) is 0 Å². The largest absolute Gasteiger partial charge is 0.493 e. The molecule has 2 atom stereocenters. The highest BCUT2D eigenvalue weighted by atomic mass is 16.5. The summed E-state index contributed by atoms with van der Waals surface area (Å²) in [4.78, 5) is 0. The molecule has 1 N–H and O–H groups in total. The first-order chi connectivity index (χ1) is 9.36. The minimum Gasteiger partial charge on any atom is -0.493 e. The van der Waals surface area contributed by atoms with Crippen LogP contribution in [0.5, 0.6) is 5.75 Å². The molecule has 0 amide bonds. The topological polar surface area (TPSA) is 30.5 Å². The van der Waals surface area contributed by atoms with Crippen LogP contribution < -0.4 is 10.1 Å². The van der Waals surface area contributed by atoms with Crippen molar-refractivity contribution >= 4 is 0 Å². The SMILES string of the molecule is CNC(CCC1CCCO1)c1ccc2c(c1)CCO2. The Hall–Kier alpha value is -1.06. The maximum Gasteiger partial charge on any atom is 0.122 e. The lowest BCUT2D eigenvalue weighted by Crippen LogP contribution is -2.18. The molecule has 19 heavy (non-hydrogen) atoms. The summed E-state index contributed by atoms with van der Waals surface area (Å²) in [7, 11) is 2.05. The summed E-state index contributed by atoms with van der Waals surface area (Å²) in [6.45, 7) is 1.78. The van der Waals surface area contributed by atoms with Crippen molar-refractivity contribution in [3.8, 4) is 5.75 Å². The van der Waals surface area contributed by atoms with Crippen LogP contribution in [0.3, 0.4) is 0 Å². The summed E-state index contributed by atoms with van der Waals surface area (Å²) >= 11 is 0. The second-order valence-corrected chi connectivity index (χ2v) is 5.52. The van der Waals surface area contributed by atoms with Crippen LogP contribution in [0, 0.1) is 0 Å². The van der Waals surface area contributed by atoms with Crippen molar-refractivity contribution in [1.82, 2.24) is 5.32 Å². The zero-order chi connectivity index (χ0) is 13.1. The lowest BCUT2D eigenvalue weighted by Gasteiger charge is -2.19. The van der Waals surface area contributed by atoms with Gasteiger partial charge in [0.2, 0.25) is 0 Å². The first-order valence-electron chi connectivity index (χ1n) is 7.41. The van der Waals surface area contributed by atoms with Crippen molar-refractivity contribution in [3.63, 3.8) is 0 Å². The van der Waals surface area contributed by atoms with Crippen molar-refractivity contribution in [1.29, 1.82) is 0 Å². The molecule has 0 aromatic heterocycles. The molecule has 0 radical (unpaired) electrons. The smallest absolute Gasteiger partial charge is 0.122 e. The highest BCUT2D eigenvalue weighted by molar-refractivity contribution is 5.40. The Bertz CT molecular complexity index is 427. The molecule has 3 heteroatoms. The van der Waals surface area contributed by atoms with Crippen molar-refractivity contribution in [2.24, 2.45) is 0 Å². The minimum atomic E-state index is 0.426. The summed E-state index contributed by atoms with van der Waals surface area (Å²) in [5, 5.41) is 3.44. The molecular formula is C16H23NO2. The van der Waals surface area contributed by atoms with Crippen LogP contribution in [0.15, 0.2) is 18.2 Å². The van der Waals surface area contributed by atoms with E-state index in [4.69, 9.17) is 9.47 Å². The van der Waals surface area contributed by atoms with Gasteiger partial charge in [0.25, 0.3) is 0 Å². The summed E-state index contributed by atoms with van der Waals surface area (Å²) in [6.07, 6.45) is 6.28. The van der Waals surface area contributed by atoms with E-state index in [0.717, 1.165) is 38.2 Å². The van der Waals surface area contributed by atoms with Gasteiger partial charge in [-0.2, -0.15) is 0 Å². The second-order valence-electron chi connectivity index (χ2n) is 5.52. The van der Waals surface area contributed by atoms with Gasteiger partial charge in [0.15, 0.2) is 0 Å². The molecule has 104 valence electrons. The fourth-order valence-electron chi connectivity index (χ4n) is 3.13. The average molecular weight is 261 g/mol. The van der Waals surface area contributed by atoms with Crippen molar-refractivity contribution in [2.45, 2.75) is 44.2 Å². The Labute approximate surface area is 115 Å². The van der Waals surface area contributed by atoms with Crippen LogP contribution in [0.1, 0.15) is 42.9 Å². The molecule has 0 aliphatic carbocycles. The predicted molar refractivity (Wildman–Crippen MR) is 75.6 cm³/mol. The standard InChI is InChI=1S/C16H23NO2/c1-17-15(6-5-14-3-2-9-18-14)12-4-7-16-13(11-12)8-10-19-16/h4,7,11,14-15,17H,2-3,5-6,8-10H2,1H3. The van der Waals surface area contributed by atoms with Crippen LogP contribution >= 0.6 is 0 Å². The molecule has 2 aliphatic heterocycles. The lowest BCUT2D eigenvalue weighted by molar-refractivity contribution is 0.0998. The Balaban J connectivity index is 1.64. The number of fused-ring (bicyclic) bond motifs is 1. The van der Waals surface area contributed by atoms with E-state index in [1.165, 1.54) is 24.0 Å². The Morgan fingerprint density at radius 2 is 2.32 bits per heavy atom. The van der Waals surface area contributed by atoms with Gasteiger partial charge < -0.3 is 14.8 Å². The highest BCUT2D eigenvalue weighted by Gasteiger charge is 2.19. The average Bonchev–Trinajstić information content (AvgIpc) is 3.09. The van der Waals surface area contributed by atoms with Gasteiger partial charge in [0.1, 0.15) is 5.75 Å². The Kier molecular flexibility index (Phi) is 4.04. The van der Waals surface area contributed by atoms with E-state index in [2.05, 4.69) is 23.5 Å². The van der Waals surface area contributed by atoms with Crippen LogP contribution in [-0.4, -0.2) is 26.4 Å². The van der Waals surface area contributed by atoms with E-state index in [1.54, 1.807) is 0 Å². The molecule has 2 heterocycles. The van der Waals surface area contributed by atoms with Crippen molar-refractivity contribution in [2.75, 3.05) is 20.3 Å². The fourth-order valence-corrected chi connectivity index (χ4v) is 3.13. The third-order valence-electron chi connectivity index (χ3n) is 4.27. The van der Waals surface area contributed by atoms with E-state index in [1.807, 2.05) is 7.05 Å². The number of hydrogen-bond donors (Lipinski definition) is 1. The molecule has 2 unspecified atom stereocenters. The molecule has 0 saturated carbocycles. The van der Waals surface area contributed by atoms with E-state index in [-0.39, 0.29) is 0 Å². The van der Waals surface area contributed by atoms with Gasteiger partial charge in [-0.25, -0.2) is 0 Å². The van der Waals surface area contributed by atoms with Gasteiger partial charge in [-0.05, 0) is 49.9 Å². The number of ether oxygens (including phenoxy) is 2. The maximum atomic E-state index is 5.71. The number of rotatable bonds is 5. The Morgan fingerprint density at radius 3 is 3.11 bits per heavy atom. The number of benzene rings is 1. The maximum absolute atomic E-state index is 5.71. The lowest BCUT2D eigenvalue weighted by atomic mass is 9.97. The molecule has 0 bridgehead atoms. The molecule has 0 spiro atoms. The summed E-state index contributed by atoms with van der Waals surface area (Å²) < 4.78 is 11.3. The summed E-state index contributed by atoms with van der Waals surface area (Å²) in [5.74, 6) is 1.07. The van der Waals surface area contributed by atoms with Gasteiger partial charge in [0.05, 0.1) is 12.7 Å². The number of hydrogen-bond acceptors (Lipinski definition) is 3. The molecule has 1 aromatic carbocycles. The first kappa shape index (κ1) is 12.9. The number of nitrogens with one attached hydrogen (secondary N) is 1. The monoisotopic (exact) mass is 261 g/mol. The summed E-state index contributed by atoms with van der Waals surface area (Å²) in [5.41, 5.74) is 2.74. The third-order valence-corrected chi connectivity index (χ3v) is 4.27. The van der Waals surface area contributed by atoms with Gasteiger partial charge in [-0.1, -0.05) is 12.1 Å². The quantitative estimate of drug-likeness (QED) is 0.884. The van der Waals surface area contributed by atoms with Crippen LogP contribution in [-0.2, 0) is 11.2 Å². The molecule has 3 rings (SSSR count). The van der Waals surface area contributed by atoms with E-state index >= 15 is 0 Å². The van der Waals surface area contributed by atoms with Crippen molar-refractivity contribution < 1.29 is 9.47 Å². The normalized spacial score (nSPS) is 23.1. The third kappa shape index (κ3) is 2.93. The molecular weight excluding hydrogens is 238 g/mol. The first-order valence-corrected chi connectivity index (χ1v) is 7.41. The molecule has 1 saturated heterocycles. The van der Waals surface area contributed by atoms with Gasteiger partial charge in [-0.3, -0.25) is 0 Å². The van der Waals surface area contributed by atoms with Gasteiger partial charge in [0, 0.05) is 19.1 Å².